The molecule has 0 heterocycles. The van der Waals surface area contributed by atoms with E-state index in [4.69, 9.17) is 4.74 Å². The van der Waals surface area contributed by atoms with Crippen molar-refractivity contribution < 1.29 is 4.74 Å². The predicted molar refractivity (Wildman–Crippen MR) is 57.6 cm³/mol. The minimum absolute atomic E-state index is 0.499. The summed E-state index contributed by atoms with van der Waals surface area (Å²) >= 11 is 0. The Morgan fingerprint density at radius 2 is 2.15 bits per heavy atom. The molecule has 0 aromatic carbocycles. The van der Waals surface area contributed by atoms with Gasteiger partial charge in [-0.3, -0.25) is 0 Å². The van der Waals surface area contributed by atoms with Crippen LogP contribution in [0.4, 0.5) is 0 Å². The lowest BCUT2D eigenvalue weighted by Crippen LogP contribution is -2.26. The Kier molecular flexibility index (Phi) is 7.02. The fraction of sp³-hybridized carbons (Fsp3) is 0.455. The summed E-state index contributed by atoms with van der Waals surface area (Å²) in [5.74, 6) is 0.764. The van der Waals surface area contributed by atoms with Gasteiger partial charge in [-0.05, 0) is 12.2 Å². The predicted octanol–water partition coefficient (Wildman–Crippen LogP) is 2.26. The number of hydrogen-bond donors (Lipinski definition) is 1. The van der Waals surface area contributed by atoms with E-state index < -0.39 is 0 Å². The number of allylic oxidation sites excluding steroid dienone is 3. The molecular formula is C11H19NO. The van der Waals surface area contributed by atoms with E-state index >= 15 is 0 Å². The van der Waals surface area contributed by atoms with Crippen LogP contribution in [0.15, 0.2) is 37.1 Å². The van der Waals surface area contributed by atoms with Crippen molar-refractivity contribution in [1.82, 2.24) is 5.32 Å². The minimum Gasteiger partial charge on any atom is -0.492 e. The van der Waals surface area contributed by atoms with Crippen molar-refractivity contribution in [2.75, 3.05) is 13.2 Å². The summed E-state index contributed by atoms with van der Waals surface area (Å²) in [5.41, 5.74) is 0. The topological polar surface area (TPSA) is 21.3 Å². The zero-order chi connectivity index (χ0) is 10.1. The molecule has 0 aliphatic heterocycles. The van der Waals surface area contributed by atoms with Gasteiger partial charge < -0.3 is 10.1 Å². The number of nitrogens with one attached hydrogen (secondary N) is 1. The molecule has 0 saturated carbocycles. The van der Waals surface area contributed by atoms with Gasteiger partial charge in [0.1, 0.15) is 12.4 Å². The number of hydrogen-bond acceptors (Lipinski definition) is 2. The van der Waals surface area contributed by atoms with Crippen molar-refractivity contribution >= 4 is 0 Å². The summed E-state index contributed by atoms with van der Waals surface area (Å²) in [5, 5.41) is 3.25. The molecule has 0 fully saturated rings. The van der Waals surface area contributed by atoms with Crippen molar-refractivity contribution in [2.45, 2.75) is 19.9 Å². The molecule has 0 aromatic heterocycles. The van der Waals surface area contributed by atoms with E-state index in [1.54, 1.807) is 18.2 Å². The number of ether oxygens (including phenoxy) is 1. The Morgan fingerprint density at radius 3 is 2.62 bits per heavy atom. The molecule has 0 amide bonds. The molecule has 2 heteroatoms. The van der Waals surface area contributed by atoms with Crippen LogP contribution in [-0.4, -0.2) is 19.2 Å². The lowest BCUT2D eigenvalue weighted by molar-refractivity contribution is 0.222. The normalized spacial score (nSPS) is 11.5. The van der Waals surface area contributed by atoms with Crippen LogP contribution in [0.3, 0.4) is 0 Å². The van der Waals surface area contributed by atoms with Gasteiger partial charge in [0.25, 0.3) is 0 Å². The van der Waals surface area contributed by atoms with Crippen molar-refractivity contribution in [2.24, 2.45) is 0 Å². The molecule has 2 nitrogen and oxygen atoms in total. The summed E-state index contributed by atoms with van der Waals surface area (Å²) < 4.78 is 5.39. The third kappa shape index (κ3) is 7.34. The van der Waals surface area contributed by atoms with Gasteiger partial charge in [-0.1, -0.05) is 33.1 Å². The molecule has 74 valence electrons. The average Bonchev–Trinajstić information content (AvgIpc) is 2.10. The summed E-state index contributed by atoms with van der Waals surface area (Å²) in [6.07, 6.45) is 5.16. The molecule has 0 atom stereocenters. The first kappa shape index (κ1) is 12.0. The standard InChI is InChI=1S/C11H19NO/c1-5-7-11(6-2)13-9-8-12-10(3)4/h5-7,10,12H,1-2,8-9H2,3-4H3/b11-7+. The first-order valence-corrected chi connectivity index (χ1v) is 4.52. The van der Waals surface area contributed by atoms with Crippen LogP contribution < -0.4 is 5.32 Å². The molecule has 0 aliphatic rings. The maximum atomic E-state index is 5.39. The van der Waals surface area contributed by atoms with Crippen LogP contribution in [0.5, 0.6) is 0 Å². The van der Waals surface area contributed by atoms with Gasteiger partial charge in [0.05, 0.1) is 0 Å². The average molecular weight is 181 g/mol. The van der Waals surface area contributed by atoms with Gasteiger partial charge >= 0.3 is 0 Å². The van der Waals surface area contributed by atoms with Crippen molar-refractivity contribution in [3.8, 4) is 0 Å². The van der Waals surface area contributed by atoms with Crippen LogP contribution in [0.25, 0.3) is 0 Å². The smallest absolute Gasteiger partial charge is 0.118 e. The van der Waals surface area contributed by atoms with E-state index in [-0.39, 0.29) is 0 Å². The highest BCUT2D eigenvalue weighted by atomic mass is 16.5. The van der Waals surface area contributed by atoms with Crippen LogP contribution >= 0.6 is 0 Å². The summed E-state index contributed by atoms with van der Waals surface area (Å²) in [4.78, 5) is 0. The van der Waals surface area contributed by atoms with E-state index in [9.17, 15) is 0 Å². The monoisotopic (exact) mass is 181 g/mol. The van der Waals surface area contributed by atoms with Crippen LogP contribution in [0.1, 0.15) is 13.8 Å². The Bertz CT molecular complexity index is 183. The largest absolute Gasteiger partial charge is 0.492 e. The lowest BCUT2D eigenvalue weighted by atomic mass is 10.4. The minimum atomic E-state index is 0.499. The van der Waals surface area contributed by atoms with E-state index in [0.29, 0.717) is 12.6 Å². The highest BCUT2D eigenvalue weighted by Gasteiger charge is 1.93. The summed E-state index contributed by atoms with van der Waals surface area (Å²) in [7, 11) is 0. The zero-order valence-corrected chi connectivity index (χ0v) is 8.55. The third-order valence-corrected chi connectivity index (χ3v) is 1.41. The highest BCUT2D eigenvalue weighted by Crippen LogP contribution is 1.97. The molecule has 0 radical (unpaired) electrons. The first-order valence-electron chi connectivity index (χ1n) is 4.52. The van der Waals surface area contributed by atoms with Gasteiger partial charge in [-0.15, -0.1) is 0 Å². The van der Waals surface area contributed by atoms with Gasteiger partial charge in [0, 0.05) is 12.6 Å². The van der Waals surface area contributed by atoms with Crippen molar-refractivity contribution in [1.29, 1.82) is 0 Å². The van der Waals surface area contributed by atoms with Crippen molar-refractivity contribution in [3.63, 3.8) is 0 Å². The fourth-order valence-corrected chi connectivity index (χ4v) is 0.808. The van der Waals surface area contributed by atoms with E-state index in [1.807, 2.05) is 0 Å². The Balaban J connectivity index is 3.56. The van der Waals surface area contributed by atoms with Crippen molar-refractivity contribution in [3.05, 3.63) is 37.1 Å². The zero-order valence-electron chi connectivity index (χ0n) is 8.55. The maximum absolute atomic E-state index is 5.39. The molecule has 13 heavy (non-hydrogen) atoms. The van der Waals surface area contributed by atoms with Crippen LogP contribution in [-0.2, 0) is 4.74 Å². The maximum Gasteiger partial charge on any atom is 0.118 e. The molecule has 0 aliphatic carbocycles. The Labute approximate surface area is 81.0 Å². The molecule has 0 rings (SSSR count). The fourth-order valence-electron chi connectivity index (χ4n) is 0.808. The number of rotatable bonds is 7. The molecule has 0 bridgehead atoms. The molecule has 1 N–H and O–H groups in total. The Hall–Kier alpha value is -1.02. The molecule has 0 aromatic rings. The van der Waals surface area contributed by atoms with E-state index in [2.05, 4.69) is 32.3 Å². The Morgan fingerprint density at radius 1 is 1.46 bits per heavy atom. The van der Waals surface area contributed by atoms with E-state index in [1.165, 1.54) is 0 Å². The second-order valence-electron chi connectivity index (χ2n) is 2.97. The van der Waals surface area contributed by atoms with Crippen LogP contribution in [0, 0.1) is 0 Å². The van der Waals surface area contributed by atoms with E-state index in [0.717, 1.165) is 12.3 Å². The molecular weight excluding hydrogens is 162 g/mol. The molecule has 0 spiro atoms. The quantitative estimate of drug-likeness (QED) is 0.369. The first-order chi connectivity index (χ1) is 6.20. The summed E-state index contributed by atoms with van der Waals surface area (Å²) in [6.45, 7) is 12.9. The second-order valence-corrected chi connectivity index (χ2v) is 2.97. The van der Waals surface area contributed by atoms with Gasteiger partial charge in [-0.2, -0.15) is 0 Å². The summed E-state index contributed by atoms with van der Waals surface area (Å²) in [6, 6.07) is 0.499. The lowest BCUT2D eigenvalue weighted by Gasteiger charge is -2.09. The molecule has 0 unspecified atom stereocenters. The molecule has 0 saturated heterocycles. The SMILES string of the molecule is C=C/C=C(\C=C)OCCNC(C)C. The van der Waals surface area contributed by atoms with Gasteiger partial charge in [0.2, 0.25) is 0 Å². The van der Waals surface area contributed by atoms with Gasteiger partial charge in [-0.25, -0.2) is 0 Å². The highest BCUT2D eigenvalue weighted by molar-refractivity contribution is 5.14. The second kappa shape index (κ2) is 7.62. The third-order valence-electron chi connectivity index (χ3n) is 1.41. The van der Waals surface area contributed by atoms with Crippen LogP contribution in [0.2, 0.25) is 0 Å². The van der Waals surface area contributed by atoms with Gasteiger partial charge in [0.15, 0.2) is 0 Å².